The predicted molar refractivity (Wildman–Crippen MR) is 257 cm³/mol. The molecule has 0 atom stereocenters. The number of fused-ring (bicyclic) bond motifs is 14. The van der Waals surface area contributed by atoms with Crippen LogP contribution in [0.4, 0.5) is 17.1 Å². The third kappa shape index (κ3) is 5.24. The second-order valence-electron chi connectivity index (χ2n) is 16.0. The molecule has 0 N–H and O–H groups in total. The molecular formula is C58H35NO2. The number of furan rings is 2. The summed E-state index contributed by atoms with van der Waals surface area (Å²) in [6.45, 7) is 0. The molecule has 0 radical (unpaired) electrons. The standard InChI is InChI=1S/C58H35NO2/c1-2-12-36(13-3-1)38-22-26-42(27-23-38)59(43-28-24-37-14-4-5-15-39(37)32-43)52-35-41(34-51-57-55(61-58(51)52)31-30-54-56(57)49-20-10-11-21-53(49)60-54)40-25-29-48-46-18-7-6-16-44(46)45-17-8-9-19-47(45)50(48)33-40/h1-35H. The lowest BCUT2D eigenvalue weighted by Gasteiger charge is -2.27. The molecule has 0 bridgehead atoms. The molecule has 13 aromatic rings. The Morgan fingerprint density at radius 2 is 0.820 bits per heavy atom. The molecule has 0 saturated carbocycles. The van der Waals surface area contributed by atoms with Crippen molar-refractivity contribution in [1.82, 2.24) is 0 Å². The van der Waals surface area contributed by atoms with Gasteiger partial charge in [-0.1, -0.05) is 152 Å². The molecule has 0 amide bonds. The monoisotopic (exact) mass is 777 g/mol. The van der Waals surface area contributed by atoms with Crippen LogP contribution in [-0.2, 0) is 0 Å². The number of hydrogen-bond donors (Lipinski definition) is 0. The van der Waals surface area contributed by atoms with Crippen LogP contribution in [-0.4, -0.2) is 0 Å². The molecule has 0 saturated heterocycles. The molecule has 0 aliphatic rings. The summed E-state index contributed by atoms with van der Waals surface area (Å²) in [7, 11) is 0. The van der Waals surface area contributed by atoms with Crippen molar-refractivity contribution in [2.24, 2.45) is 0 Å². The van der Waals surface area contributed by atoms with E-state index in [2.05, 4.69) is 199 Å². The van der Waals surface area contributed by atoms with Gasteiger partial charge in [-0.3, -0.25) is 0 Å². The Morgan fingerprint density at radius 3 is 1.57 bits per heavy atom. The molecule has 13 rings (SSSR count). The number of benzene rings is 11. The number of hydrogen-bond acceptors (Lipinski definition) is 3. The van der Waals surface area contributed by atoms with E-state index in [1.165, 1.54) is 48.7 Å². The van der Waals surface area contributed by atoms with Crippen LogP contribution in [0, 0.1) is 0 Å². The van der Waals surface area contributed by atoms with Crippen molar-refractivity contribution in [2.45, 2.75) is 0 Å². The number of anilines is 3. The van der Waals surface area contributed by atoms with E-state index >= 15 is 0 Å². The van der Waals surface area contributed by atoms with E-state index in [-0.39, 0.29) is 0 Å². The molecule has 0 aliphatic heterocycles. The summed E-state index contributed by atoms with van der Waals surface area (Å²) < 4.78 is 13.6. The molecular weight excluding hydrogens is 743 g/mol. The van der Waals surface area contributed by atoms with Crippen LogP contribution in [0.5, 0.6) is 0 Å². The summed E-state index contributed by atoms with van der Waals surface area (Å²) in [5.41, 5.74) is 10.9. The van der Waals surface area contributed by atoms with Crippen molar-refractivity contribution in [3.8, 4) is 22.3 Å². The molecule has 0 fully saturated rings. The minimum Gasteiger partial charge on any atom is -0.456 e. The van der Waals surface area contributed by atoms with E-state index in [1.807, 2.05) is 18.2 Å². The second-order valence-corrected chi connectivity index (χ2v) is 16.0. The maximum atomic E-state index is 7.10. The molecule has 2 heterocycles. The molecule has 61 heavy (non-hydrogen) atoms. The summed E-state index contributed by atoms with van der Waals surface area (Å²) >= 11 is 0. The summed E-state index contributed by atoms with van der Waals surface area (Å²) in [6.07, 6.45) is 0. The van der Waals surface area contributed by atoms with Gasteiger partial charge in [-0.2, -0.15) is 0 Å². The van der Waals surface area contributed by atoms with Gasteiger partial charge >= 0.3 is 0 Å². The number of para-hydroxylation sites is 1. The lowest BCUT2D eigenvalue weighted by molar-refractivity contribution is 0.663. The predicted octanol–water partition coefficient (Wildman–Crippen LogP) is 16.9. The van der Waals surface area contributed by atoms with Gasteiger partial charge in [0.1, 0.15) is 16.7 Å². The quantitative estimate of drug-likeness (QED) is 0.163. The molecule has 0 unspecified atom stereocenters. The van der Waals surface area contributed by atoms with Crippen molar-refractivity contribution in [1.29, 1.82) is 0 Å². The average molecular weight is 778 g/mol. The van der Waals surface area contributed by atoms with E-state index in [9.17, 15) is 0 Å². The van der Waals surface area contributed by atoms with Gasteiger partial charge in [0.05, 0.1) is 5.69 Å². The fourth-order valence-corrected chi connectivity index (χ4v) is 9.76. The van der Waals surface area contributed by atoms with E-state index in [1.54, 1.807) is 0 Å². The fraction of sp³-hybridized carbons (Fsp3) is 0. The Hall–Kier alpha value is -8.14. The third-order valence-electron chi connectivity index (χ3n) is 12.6. The van der Waals surface area contributed by atoms with Gasteiger partial charge in [0.2, 0.25) is 0 Å². The molecule has 0 aliphatic carbocycles. The normalized spacial score (nSPS) is 11.9. The lowest BCUT2D eigenvalue weighted by Crippen LogP contribution is -2.10. The SMILES string of the molecule is c1ccc(-c2ccc(N(c3ccc4ccccc4c3)c3cc(-c4ccc5c6ccccc6c6ccccc6c5c4)cc4c3oc3ccc5oc6ccccc6c5c34)cc2)cc1. The highest BCUT2D eigenvalue weighted by Gasteiger charge is 2.24. The van der Waals surface area contributed by atoms with E-state index in [0.29, 0.717) is 0 Å². The molecule has 3 nitrogen and oxygen atoms in total. The highest BCUT2D eigenvalue weighted by atomic mass is 16.3. The van der Waals surface area contributed by atoms with Gasteiger partial charge < -0.3 is 13.7 Å². The number of nitrogens with zero attached hydrogens (tertiary/aromatic N) is 1. The minimum atomic E-state index is 0.814. The van der Waals surface area contributed by atoms with Crippen molar-refractivity contribution in [2.75, 3.05) is 4.90 Å². The first-order valence-corrected chi connectivity index (χ1v) is 20.8. The first-order chi connectivity index (χ1) is 30.2. The van der Waals surface area contributed by atoms with Crippen LogP contribution in [0.15, 0.2) is 221 Å². The smallest absolute Gasteiger partial charge is 0.159 e. The minimum absolute atomic E-state index is 0.814. The van der Waals surface area contributed by atoms with Crippen molar-refractivity contribution < 1.29 is 8.83 Å². The Balaban J connectivity index is 1.13. The highest BCUT2D eigenvalue weighted by molar-refractivity contribution is 6.28. The van der Waals surface area contributed by atoms with Gasteiger partial charge in [0.25, 0.3) is 0 Å². The van der Waals surface area contributed by atoms with E-state index < -0.39 is 0 Å². The zero-order chi connectivity index (χ0) is 40.0. The van der Waals surface area contributed by atoms with Crippen molar-refractivity contribution in [3.63, 3.8) is 0 Å². The Bertz CT molecular complexity index is 3840. The molecule has 3 heteroatoms. The zero-order valence-corrected chi connectivity index (χ0v) is 33.0. The maximum Gasteiger partial charge on any atom is 0.159 e. The first-order valence-electron chi connectivity index (χ1n) is 20.8. The van der Waals surface area contributed by atoms with Crippen molar-refractivity contribution in [3.05, 3.63) is 212 Å². The molecule has 0 spiro atoms. The summed E-state index contributed by atoms with van der Waals surface area (Å²) in [5, 5.41) is 14.1. The van der Waals surface area contributed by atoms with Crippen LogP contribution >= 0.6 is 0 Å². The van der Waals surface area contributed by atoms with Crippen LogP contribution in [0.25, 0.3) is 109 Å². The lowest BCUT2D eigenvalue weighted by atomic mass is 9.91. The molecule has 2 aromatic heterocycles. The van der Waals surface area contributed by atoms with E-state index in [4.69, 9.17) is 8.83 Å². The van der Waals surface area contributed by atoms with Crippen molar-refractivity contribution >= 4 is 104 Å². The average Bonchev–Trinajstić information content (AvgIpc) is 3.90. The Morgan fingerprint density at radius 1 is 0.279 bits per heavy atom. The summed E-state index contributed by atoms with van der Waals surface area (Å²) in [4.78, 5) is 2.37. The Kier molecular flexibility index (Phi) is 7.31. The zero-order valence-electron chi connectivity index (χ0n) is 33.0. The van der Waals surface area contributed by atoms with Crippen LogP contribution < -0.4 is 4.90 Å². The molecule has 11 aromatic carbocycles. The maximum absolute atomic E-state index is 7.10. The fourth-order valence-electron chi connectivity index (χ4n) is 9.76. The Labute approximate surface area is 350 Å². The molecule has 284 valence electrons. The van der Waals surface area contributed by atoms with Crippen LogP contribution in [0.3, 0.4) is 0 Å². The third-order valence-corrected chi connectivity index (χ3v) is 12.6. The second kappa shape index (κ2) is 13.2. The summed E-state index contributed by atoms with van der Waals surface area (Å²) in [5.74, 6) is 0. The summed E-state index contributed by atoms with van der Waals surface area (Å²) in [6, 6.07) is 76.4. The van der Waals surface area contributed by atoms with Gasteiger partial charge in [-0.25, -0.2) is 0 Å². The highest BCUT2D eigenvalue weighted by Crippen LogP contribution is 2.48. The van der Waals surface area contributed by atoms with E-state index in [0.717, 1.165) is 77.6 Å². The largest absolute Gasteiger partial charge is 0.456 e. The van der Waals surface area contributed by atoms with Gasteiger partial charge in [-0.15, -0.1) is 0 Å². The van der Waals surface area contributed by atoms with Crippen LogP contribution in [0.1, 0.15) is 0 Å². The first kappa shape index (κ1) is 33.8. The topological polar surface area (TPSA) is 29.5 Å². The number of rotatable bonds is 5. The van der Waals surface area contributed by atoms with Gasteiger partial charge in [0.15, 0.2) is 5.58 Å². The van der Waals surface area contributed by atoms with Gasteiger partial charge in [0, 0.05) is 32.9 Å². The van der Waals surface area contributed by atoms with Crippen LogP contribution in [0.2, 0.25) is 0 Å². The van der Waals surface area contributed by atoms with Gasteiger partial charge in [-0.05, 0) is 126 Å².